The van der Waals surface area contributed by atoms with Gasteiger partial charge in [0.05, 0.1) is 11.3 Å². The van der Waals surface area contributed by atoms with Gasteiger partial charge < -0.3 is 11.1 Å². The molecule has 5 nitrogen and oxygen atoms in total. The van der Waals surface area contributed by atoms with Gasteiger partial charge in [0.1, 0.15) is 0 Å². The number of anilines is 1. The largest absolute Gasteiger partial charge is 0.369 e. The highest BCUT2D eigenvalue weighted by Crippen LogP contribution is 2.18. The number of amides is 2. The first-order chi connectivity index (χ1) is 10.9. The molecule has 6 heteroatoms. The number of carbonyl (C=O) groups is 3. The highest BCUT2D eigenvalue weighted by atomic mass is 32.1. The van der Waals surface area contributed by atoms with Crippen molar-refractivity contribution in [3.05, 3.63) is 51.7 Å². The molecule has 0 unspecified atom stereocenters. The lowest BCUT2D eigenvalue weighted by Crippen LogP contribution is -2.14. The predicted octanol–water partition coefficient (Wildman–Crippen LogP) is 2.69. The van der Waals surface area contributed by atoms with E-state index in [-0.39, 0.29) is 31.0 Å². The van der Waals surface area contributed by atoms with E-state index in [4.69, 9.17) is 5.73 Å². The van der Waals surface area contributed by atoms with Crippen LogP contribution in [0.2, 0.25) is 0 Å². The summed E-state index contributed by atoms with van der Waals surface area (Å²) in [5.41, 5.74) is 6.54. The number of thiophene rings is 1. The molecule has 23 heavy (non-hydrogen) atoms. The third-order valence-corrected chi connectivity index (χ3v) is 4.25. The minimum Gasteiger partial charge on any atom is -0.369 e. The number of ketones is 1. The van der Waals surface area contributed by atoms with Crippen molar-refractivity contribution >= 4 is 34.6 Å². The van der Waals surface area contributed by atoms with Gasteiger partial charge in [0.15, 0.2) is 5.78 Å². The SMILES string of the molecule is Cc1ccc(C(=O)CCC(=O)Nc2ccc(CC(N)=O)cc2)s1. The van der Waals surface area contributed by atoms with Crippen LogP contribution in [0.5, 0.6) is 0 Å². The Kier molecular flexibility index (Phi) is 5.65. The van der Waals surface area contributed by atoms with Crippen molar-refractivity contribution in [2.45, 2.75) is 26.2 Å². The van der Waals surface area contributed by atoms with Crippen molar-refractivity contribution < 1.29 is 14.4 Å². The molecule has 0 saturated heterocycles. The molecule has 0 radical (unpaired) electrons. The van der Waals surface area contributed by atoms with Crippen LogP contribution in [0.3, 0.4) is 0 Å². The molecule has 2 aromatic rings. The number of benzene rings is 1. The van der Waals surface area contributed by atoms with Gasteiger partial charge in [-0.05, 0) is 36.8 Å². The van der Waals surface area contributed by atoms with Crippen molar-refractivity contribution in [2.75, 3.05) is 5.32 Å². The molecular formula is C17H18N2O3S. The van der Waals surface area contributed by atoms with Gasteiger partial charge in [0, 0.05) is 23.4 Å². The maximum absolute atomic E-state index is 11.9. The summed E-state index contributed by atoms with van der Waals surface area (Å²) in [7, 11) is 0. The van der Waals surface area contributed by atoms with Gasteiger partial charge in [-0.2, -0.15) is 0 Å². The van der Waals surface area contributed by atoms with E-state index in [0.29, 0.717) is 10.6 Å². The number of Topliss-reactive ketones (excluding diaryl/α,β-unsaturated/α-hetero) is 1. The number of primary amides is 1. The van der Waals surface area contributed by atoms with Crippen LogP contribution in [0.25, 0.3) is 0 Å². The van der Waals surface area contributed by atoms with E-state index in [2.05, 4.69) is 5.32 Å². The summed E-state index contributed by atoms with van der Waals surface area (Å²) in [5.74, 6) is -0.631. The van der Waals surface area contributed by atoms with E-state index in [1.54, 1.807) is 30.3 Å². The summed E-state index contributed by atoms with van der Waals surface area (Å²) in [5, 5.41) is 2.73. The number of carbonyl (C=O) groups excluding carboxylic acids is 3. The summed E-state index contributed by atoms with van der Waals surface area (Å²) < 4.78 is 0. The summed E-state index contributed by atoms with van der Waals surface area (Å²) in [6.45, 7) is 1.94. The Balaban J connectivity index is 1.82. The van der Waals surface area contributed by atoms with Gasteiger partial charge in [0.25, 0.3) is 0 Å². The molecule has 0 aliphatic heterocycles. The number of nitrogens with one attached hydrogen (secondary N) is 1. The highest BCUT2D eigenvalue weighted by Gasteiger charge is 2.11. The second kappa shape index (κ2) is 7.69. The van der Waals surface area contributed by atoms with Crippen LogP contribution in [0.4, 0.5) is 5.69 Å². The average Bonchev–Trinajstić information content (AvgIpc) is 2.93. The Bertz CT molecular complexity index is 720. The van der Waals surface area contributed by atoms with Crippen LogP contribution in [0.15, 0.2) is 36.4 Å². The van der Waals surface area contributed by atoms with Crippen LogP contribution < -0.4 is 11.1 Å². The molecule has 2 rings (SSSR count). The lowest BCUT2D eigenvalue weighted by atomic mass is 10.1. The molecule has 0 bridgehead atoms. The van der Waals surface area contributed by atoms with Gasteiger partial charge in [0.2, 0.25) is 11.8 Å². The van der Waals surface area contributed by atoms with E-state index in [0.717, 1.165) is 10.4 Å². The predicted molar refractivity (Wildman–Crippen MR) is 90.6 cm³/mol. The Labute approximate surface area is 138 Å². The normalized spacial score (nSPS) is 10.3. The van der Waals surface area contributed by atoms with E-state index in [9.17, 15) is 14.4 Å². The molecule has 120 valence electrons. The Morgan fingerprint density at radius 3 is 2.30 bits per heavy atom. The molecule has 0 aliphatic carbocycles. The zero-order chi connectivity index (χ0) is 16.8. The topological polar surface area (TPSA) is 89.3 Å². The van der Waals surface area contributed by atoms with Gasteiger partial charge >= 0.3 is 0 Å². The lowest BCUT2D eigenvalue weighted by Gasteiger charge is -2.05. The minimum atomic E-state index is -0.399. The standard InChI is InChI=1S/C17H18N2O3S/c1-11-2-8-15(23-11)14(20)7-9-17(22)19-13-5-3-12(4-6-13)10-16(18)21/h2-6,8H,7,9-10H2,1H3,(H2,18,21)(H,19,22). The van der Waals surface area contributed by atoms with Crippen LogP contribution >= 0.6 is 11.3 Å². The lowest BCUT2D eigenvalue weighted by molar-refractivity contribution is -0.117. The fourth-order valence-electron chi connectivity index (χ4n) is 2.07. The van der Waals surface area contributed by atoms with Gasteiger partial charge in [-0.25, -0.2) is 0 Å². The van der Waals surface area contributed by atoms with Crippen LogP contribution in [0, 0.1) is 6.92 Å². The minimum absolute atomic E-state index is 0.0185. The molecular weight excluding hydrogens is 312 g/mol. The van der Waals surface area contributed by atoms with Crippen LogP contribution in [-0.2, 0) is 16.0 Å². The van der Waals surface area contributed by atoms with Crippen molar-refractivity contribution in [1.82, 2.24) is 0 Å². The van der Waals surface area contributed by atoms with Gasteiger partial charge in [-0.1, -0.05) is 12.1 Å². The summed E-state index contributed by atoms with van der Waals surface area (Å²) in [4.78, 5) is 36.4. The Morgan fingerprint density at radius 2 is 1.74 bits per heavy atom. The van der Waals surface area contributed by atoms with E-state index < -0.39 is 5.91 Å². The van der Waals surface area contributed by atoms with E-state index in [1.165, 1.54) is 11.3 Å². The first-order valence-corrected chi connectivity index (χ1v) is 8.02. The average molecular weight is 330 g/mol. The molecule has 2 amide bonds. The Morgan fingerprint density at radius 1 is 1.04 bits per heavy atom. The van der Waals surface area contributed by atoms with Crippen molar-refractivity contribution in [2.24, 2.45) is 5.73 Å². The summed E-state index contributed by atoms with van der Waals surface area (Å²) >= 11 is 1.44. The number of nitrogens with two attached hydrogens (primary N) is 1. The first-order valence-electron chi connectivity index (χ1n) is 7.21. The number of hydrogen-bond donors (Lipinski definition) is 2. The molecule has 0 saturated carbocycles. The molecule has 1 aromatic heterocycles. The van der Waals surface area contributed by atoms with Gasteiger partial charge in [-0.3, -0.25) is 14.4 Å². The summed E-state index contributed by atoms with van der Waals surface area (Å²) in [6, 6.07) is 10.6. The zero-order valence-electron chi connectivity index (χ0n) is 12.8. The first kappa shape index (κ1) is 16.9. The monoisotopic (exact) mass is 330 g/mol. The van der Waals surface area contributed by atoms with Crippen molar-refractivity contribution in [1.29, 1.82) is 0 Å². The second-order valence-electron chi connectivity index (χ2n) is 5.22. The summed E-state index contributed by atoms with van der Waals surface area (Å²) in [6.07, 6.45) is 0.493. The fourth-order valence-corrected chi connectivity index (χ4v) is 2.90. The molecule has 3 N–H and O–H groups in total. The Hall–Kier alpha value is -2.47. The molecule has 1 aromatic carbocycles. The molecule has 0 fully saturated rings. The van der Waals surface area contributed by atoms with E-state index >= 15 is 0 Å². The van der Waals surface area contributed by atoms with Gasteiger partial charge in [-0.15, -0.1) is 11.3 Å². The molecule has 0 spiro atoms. The molecule has 0 atom stereocenters. The maximum Gasteiger partial charge on any atom is 0.224 e. The second-order valence-corrected chi connectivity index (χ2v) is 6.51. The highest BCUT2D eigenvalue weighted by molar-refractivity contribution is 7.14. The fraction of sp³-hybridized carbons (Fsp3) is 0.235. The molecule has 1 heterocycles. The van der Waals surface area contributed by atoms with E-state index in [1.807, 2.05) is 13.0 Å². The zero-order valence-corrected chi connectivity index (χ0v) is 13.6. The van der Waals surface area contributed by atoms with Crippen molar-refractivity contribution in [3.8, 4) is 0 Å². The number of aryl methyl sites for hydroxylation is 1. The smallest absolute Gasteiger partial charge is 0.224 e. The third kappa shape index (κ3) is 5.34. The van der Waals surface area contributed by atoms with Crippen molar-refractivity contribution in [3.63, 3.8) is 0 Å². The molecule has 0 aliphatic rings. The quantitative estimate of drug-likeness (QED) is 0.765. The number of hydrogen-bond acceptors (Lipinski definition) is 4. The van der Waals surface area contributed by atoms with Crippen LogP contribution in [-0.4, -0.2) is 17.6 Å². The third-order valence-electron chi connectivity index (χ3n) is 3.21. The van der Waals surface area contributed by atoms with Crippen LogP contribution in [0.1, 0.15) is 33.0 Å². The maximum atomic E-state index is 11.9. The number of rotatable bonds is 7.